The lowest BCUT2D eigenvalue weighted by atomic mass is 10.1. The molecule has 0 fully saturated rings. The van der Waals surface area contributed by atoms with Gasteiger partial charge in [0.05, 0.1) is 6.61 Å². The number of aromatic nitrogens is 2. The molecular formula is C20H24ClFN2O. The molecule has 0 bridgehead atoms. The SMILES string of the molecule is CCCn1c(C)c(C)c2ccnc(OCCc3ccc(F)cc3)c21.Cl. The van der Waals surface area contributed by atoms with E-state index in [1.165, 1.54) is 28.8 Å². The summed E-state index contributed by atoms with van der Waals surface area (Å²) in [5.74, 6) is 0.466. The Morgan fingerprint density at radius 2 is 1.84 bits per heavy atom. The van der Waals surface area contributed by atoms with Gasteiger partial charge in [0.2, 0.25) is 5.88 Å². The largest absolute Gasteiger partial charge is 0.476 e. The van der Waals surface area contributed by atoms with Gasteiger partial charge in [-0.1, -0.05) is 19.1 Å². The van der Waals surface area contributed by atoms with Crippen LogP contribution in [-0.4, -0.2) is 16.2 Å². The molecular weight excluding hydrogens is 339 g/mol. The van der Waals surface area contributed by atoms with Crippen LogP contribution in [0.3, 0.4) is 0 Å². The summed E-state index contributed by atoms with van der Waals surface area (Å²) in [6, 6.07) is 8.60. The number of hydrogen-bond donors (Lipinski definition) is 0. The molecule has 5 heteroatoms. The minimum Gasteiger partial charge on any atom is -0.476 e. The highest BCUT2D eigenvalue weighted by atomic mass is 35.5. The molecule has 0 atom stereocenters. The molecule has 0 spiro atoms. The molecule has 0 aliphatic carbocycles. The second kappa shape index (κ2) is 8.34. The molecule has 0 saturated carbocycles. The van der Waals surface area contributed by atoms with E-state index in [9.17, 15) is 4.39 Å². The van der Waals surface area contributed by atoms with Crippen LogP contribution in [0.25, 0.3) is 10.9 Å². The molecule has 2 aromatic heterocycles. The Morgan fingerprint density at radius 3 is 2.52 bits per heavy atom. The first kappa shape index (κ1) is 19.3. The van der Waals surface area contributed by atoms with Crippen LogP contribution in [0.4, 0.5) is 4.39 Å². The number of aryl methyl sites for hydroxylation is 2. The van der Waals surface area contributed by atoms with E-state index < -0.39 is 0 Å². The average molecular weight is 363 g/mol. The van der Waals surface area contributed by atoms with Crippen molar-refractivity contribution in [3.05, 3.63) is 59.2 Å². The second-order valence-corrected chi connectivity index (χ2v) is 6.10. The Kier molecular flexibility index (Phi) is 6.43. The molecule has 0 aliphatic rings. The van der Waals surface area contributed by atoms with Crippen LogP contribution >= 0.6 is 12.4 Å². The predicted octanol–water partition coefficient (Wildman–Crippen LogP) is 5.25. The van der Waals surface area contributed by atoms with Gasteiger partial charge in [-0.25, -0.2) is 9.37 Å². The van der Waals surface area contributed by atoms with Crippen molar-refractivity contribution in [2.45, 2.75) is 40.2 Å². The summed E-state index contributed by atoms with van der Waals surface area (Å²) in [4.78, 5) is 4.45. The first-order chi connectivity index (χ1) is 11.6. The molecule has 0 saturated heterocycles. The van der Waals surface area contributed by atoms with Crippen molar-refractivity contribution < 1.29 is 9.13 Å². The van der Waals surface area contributed by atoms with Crippen LogP contribution in [0.2, 0.25) is 0 Å². The van der Waals surface area contributed by atoms with Gasteiger partial charge < -0.3 is 9.30 Å². The van der Waals surface area contributed by atoms with Gasteiger partial charge in [0.25, 0.3) is 0 Å². The summed E-state index contributed by atoms with van der Waals surface area (Å²) in [5.41, 5.74) is 4.68. The lowest BCUT2D eigenvalue weighted by Crippen LogP contribution is -2.06. The molecule has 134 valence electrons. The van der Waals surface area contributed by atoms with Gasteiger partial charge in [-0.2, -0.15) is 0 Å². The van der Waals surface area contributed by atoms with Crippen LogP contribution in [0, 0.1) is 19.7 Å². The van der Waals surface area contributed by atoms with Gasteiger partial charge in [-0.15, -0.1) is 12.4 Å². The summed E-state index contributed by atoms with van der Waals surface area (Å²) in [5, 5.41) is 1.20. The van der Waals surface area contributed by atoms with E-state index in [1.807, 2.05) is 0 Å². The molecule has 3 aromatic rings. The summed E-state index contributed by atoms with van der Waals surface area (Å²) in [6.45, 7) is 7.94. The van der Waals surface area contributed by atoms with Crippen molar-refractivity contribution in [3.63, 3.8) is 0 Å². The van der Waals surface area contributed by atoms with E-state index in [0.717, 1.165) is 30.5 Å². The van der Waals surface area contributed by atoms with Crippen molar-refractivity contribution >= 4 is 23.3 Å². The average Bonchev–Trinajstić information content (AvgIpc) is 2.83. The van der Waals surface area contributed by atoms with Gasteiger partial charge in [-0.3, -0.25) is 0 Å². The molecule has 2 heterocycles. The highest BCUT2D eigenvalue weighted by Crippen LogP contribution is 2.31. The third-order valence-corrected chi connectivity index (χ3v) is 4.50. The second-order valence-electron chi connectivity index (χ2n) is 6.10. The Labute approximate surface area is 154 Å². The zero-order valence-electron chi connectivity index (χ0n) is 14.9. The van der Waals surface area contributed by atoms with Crippen LogP contribution in [0.15, 0.2) is 36.5 Å². The quantitative estimate of drug-likeness (QED) is 0.599. The summed E-state index contributed by atoms with van der Waals surface area (Å²) < 4.78 is 21.2. The van der Waals surface area contributed by atoms with Crippen molar-refractivity contribution in [3.8, 4) is 5.88 Å². The zero-order valence-corrected chi connectivity index (χ0v) is 15.7. The molecule has 3 rings (SSSR count). The molecule has 0 aliphatic heterocycles. The highest BCUT2D eigenvalue weighted by Gasteiger charge is 2.15. The topological polar surface area (TPSA) is 27.1 Å². The maximum Gasteiger partial charge on any atom is 0.238 e. The van der Waals surface area contributed by atoms with Crippen LogP contribution in [-0.2, 0) is 13.0 Å². The Balaban J connectivity index is 0.00000225. The molecule has 3 nitrogen and oxygen atoms in total. The minimum atomic E-state index is -0.213. The van der Waals surface area contributed by atoms with Gasteiger partial charge in [0.15, 0.2) is 0 Å². The van der Waals surface area contributed by atoms with Crippen molar-refractivity contribution in [2.75, 3.05) is 6.61 Å². The first-order valence-corrected chi connectivity index (χ1v) is 8.43. The fraction of sp³-hybridized carbons (Fsp3) is 0.350. The number of nitrogens with zero attached hydrogens (tertiary/aromatic N) is 2. The predicted molar refractivity (Wildman–Crippen MR) is 102 cm³/mol. The number of halogens is 2. The smallest absolute Gasteiger partial charge is 0.238 e. The lowest BCUT2D eigenvalue weighted by molar-refractivity contribution is 0.312. The number of benzene rings is 1. The van der Waals surface area contributed by atoms with E-state index in [0.29, 0.717) is 12.5 Å². The first-order valence-electron chi connectivity index (χ1n) is 8.43. The fourth-order valence-electron chi connectivity index (χ4n) is 3.09. The molecule has 0 N–H and O–H groups in total. The standard InChI is InChI=1S/C20H23FN2O.ClH/c1-4-12-23-15(3)14(2)18-9-11-22-20(19(18)23)24-13-10-16-5-7-17(21)8-6-16;/h5-9,11H,4,10,12-13H2,1-3H3;1H. The maximum absolute atomic E-state index is 13.0. The number of rotatable bonds is 6. The van der Waals surface area contributed by atoms with E-state index in [2.05, 4.69) is 36.4 Å². The number of hydrogen-bond acceptors (Lipinski definition) is 2. The Hall–Kier alpha value is -2.07. The normalized spacial score (nSPS) is 10.7. The van der Waals surface area contributed by atoms with E-state index in [1.54, 1.807) is 18.3 Å². The monoisotopic (exact) mass is 362 g/mol. The van der Waals surface area contributed by atoms with Gasteiger partial charge >= 0.3 is 0 Å². The summed E-state index contributed by atoms with van der Waals surface area (Å²) in [7, 11) is 0. The molecule has 0 amide bonds. The third kappa shape index (κ3) is 3.96. The molecule has 0 unspecified atom stereocenters. The van der Waals surface area contributed by atoms with Crippen molar-refractivity contribution in [2.24, 2.45) is 0 Å². The molecule has 25 heavy (non-hydrogen) atoms. The van der Waals surface area contributed by atoms with E-state index in [4.69, 9.17) is 4.74 Å². The van der Waals surface area contributed by atoms with Crippen LogP contribution < -0.4 is 4.74 Å². The number of ether oxygens (including phenoxy) is 1. The van der Waals surface area contributed by atoms with Gasteiger partial charge in [0, 0.05) is 30.2 Å². The molecule has 0 radical (unpaired) electrons. The fourth-order valence-corrected chi connectivity index (χ4v) is 3.09. The Bertz CT molecular complexity index is 843. The van der Waals surface area contributed by atoms with Gasteiger partial charge in [0.1, 0.15) is 11.3 Å². The summed E-state index contributed by atoms with van der Waals surface area (Å²) >= 11 is 0. The van der Waals surface area contributed by atoms with Crippen molar-refractivity contribution in [1.82, 2.24) is 9.55 Å². The lowest BCUT2D eigenvalue weighted by Gasteiger charge is -2.11. The van der Waals surface area contributed by atoms with Crippen LogP contribution in [0.1, 0.15) is 30.2 Å². The zero-order chi connectivity index (χ0) is 17.1. The van der Waals surface area contributed by atoms with Crippen molar-refractivity contribution in [1.29, 1.82) is 0 Å². The van der Waals surface area contributed by atoms with E-state index in [-0.39, 0.29) is 18.2 Å². The third-order valence-electron chi connectivity index (χ3n) is 4.50. The number of pyridine rings is 1. The maximum atomic E-state index is 13.0. The highest BCUT2D eigenvalue weighted by molar-refractivity contribution is 5.88. The molecule has 1 aromatic carbocycles. The van der Waals surface area contributed by atoms with Crippen LogP contribution in [0.5, 0.6) is 5.88 Å². The number of fused-ring (bicyclic) bond motifs is 1. The van der Waals surface area contributed by atoms with E-state index >= 15 is 0 Å². The Morgan fingerprint density at radius 1 is 1.12 bits per heavy atom. The van der Waals surface area contributed by atoms with Gasteiger partial charge in [-0.05, 0) is 49.6 Å². The summed E-state index contributed by atoms with van der Waals surface area (Å²) in [6.07, 6.45) is 3.59. The minimum absolute atomic E-state index is 0.